The van der Waals surface area contributed by atoms with E-state index >= 15 is 0 Å². The van der Waals surface area contributed by atoms with Gasteiger partial charge in [-0.2, -0.15) is 8.42 Å². The Kier molecular flexibility index (Phi) is 9.06. The molecule has 0 saturated carbocycles. The Morgan fingerprint density at radius 1 is 1.09 bits per heavy atom. The van der Waals surface area contributed by atoms with E-state index in [0.717, 1.165) is 17.4 Å². The van der Waals surface area contributed by atoms with E-state index in [1.54, 1.807) is 33.1 Å². The minimum absolute atomic E-state index is 0.200. The van der Waals surface area contributed by atoms with E-state index in [9.17, 15) is 16.8 Å². The number of methoxy groups -OCH3 is 1. The summed E-state index contributed by atoms with van der Waals surface area (Å²) >= 11 is 3.29. The molecule has 0 saturated heterocycles. The molecule has 0 spiro atoms. The van der Waals surface area contributed by atoms with Gasteiger partial charge in [0, 0.05) is 10.5 Å². The first-order valence-electron chi connectivity index (χ1n) is 9.75. The molecule has 0 unspecified atom stereocenters. The van der Waals surface area contributed by atoms with Crippen molar-refractivity contribution in [1.82, 2.24) is 4.72 Å². The fraction of sp³-hybridized carbons (Fsp3) is 0.364. The molecule has 0 heterocycles. The summed E-state index contributed by atoms with van der Waals surface area (Å²) in [5.41, 5.74) is 2.84. The van der Waals surface area contributed by atoms with Gasteiger partial charge in [-0.1, -0.05) is 52.3 Å². The van der Waals surface area contributed by atoms with Gasteiger partial charge in [0.2, 0.25) is 10.0 Å². The van der Waals surface area contributed by atoms with Crippen molar-refractivity contribution in [1.29, 1.82) is 0 Å². The lowest BCUT2D eigenvalue weighted by Gasteiger charge is -2.20. The molecule has 0 aliphatic rings. The lowest BCUT2D eigenvalue weighted by molar-refractivity contribution is 0.359. The van der Waals surface area contributed by atoms with Gasteiger partial charge < -0.3 is 4.74 Å². The third-order valence-electron chi connectivity index (χ3n) is 4.86. The van der Waals surface area contributed by atoms with E-state index in [1.165, 1.54) is 0 Å². The van der Waals surface area contributed by atoms with Crippen LogP contribution in [0.15, 0.2) is 51.9 Å². The third kappa shape index (κ3) is 7.41. The van der Waals surface area contributed by atoms with E-state index < -0.39 is 26.2 Å². The highest BCUT2D eigenvalue weighted by molar-refractivity contribution is 9.11. The molecule has 0 radical (unpaired) electrons. The molecular weight excluding hydrogens is 518 g/mol. The average Bonchev–Trinajstić information content (AvgIpc) is 2.69. The Balaban J connectivity index is 2.43. The van der Waals surface area contributed by atoms with Crippen molar-refractivity contribution in [2.24, 2.45) is 0 Å². The zero-order valence-electron chi connectivity index (χ0n) is 18.7. The van der Waals surface area contributed by atoms with Gasteiger partial charge in [-0.25, -0.2) is 13.1 Å². The maximum atomic E-state index is 13.4. The van der Waals surface area contributed by atoms with Gasteiger partial charge in [-0.05, 0) is 55.5 Å². The largest absolute Gasteiger partial charge is 0.496 e. The Morgan fingerprint density at radius 3 is 2.28 bits per heavy atom. The summed E-state index contributed by atoms with van der Waals surface area (Å²) in [6, 6.07) is 10.5. The first-order valence-corrected chi connectivity index (χ1v) is 13.8. The molecule has 0 aromatic heterocycles. The summed E-state index contributed by atoms with van der Waals surface area (Å²) in [7, 11) is -6.00. The molecule has 2 rings (SSSR count). The van der Waals surface area contributed by atoms with Crippen LogP contribution < -0.4 is 9.46 Å². The van der Waals surface area contributed by atoms with Gasteiger partial charge in [0.05, 0.1) is 24.9 Å². The average molecular weight is 547 g/mol. The molecule has 0 amide bonds. The standard InChI is InChI=1S/C22H28BrNO6S2/c1-15-11-21(29-4)16(2)17(3)22(15)32(27,28)24-20(12-18-9-7-6-8-10-18)13-19(23)14-30-31(5,25)26/h6-11,13,20,24H,12,14H2,1-5H3/b19-13+/t20-/m0/s1. The summed E-state index contributed by atoms with van der Waals surface area (Å²) in [4.78, 5) is 0.200. The smallest absolute Gasteiger partial charge is 0.264 e. The molecule has 1 N–H and O–H groups in total. The molecule has 2 aromatic carbocycles. The Hall–Kier alpha value is -1.72. The van der Waals surface area contributed by atoms with Crippen LogP contribution in [0.3, 0.4) is 0 Å². The zero-order chi connectivity index (χ0) is 24.1. The molecule has 7 nitrogen and oxygen atoms in total. The fourth-order valence-corrected chi connectivity index (χ4v) is 5.97. The number of nitrogens with one attached hydrogen (secondary N) is 1. The summed E-state index contributed by atoms with van der Waals surface area (Å²) in [5.74, 6) is 0.625. The minimum Gasteiger partial charge on any atom is -0.496 e. The number of aryl methyl sites for hydroxylation is 1. The maximum Gasteiger partial charge on any atom is 0.264 e. The molecule has 1 atom stereocenters. The van der Waals surface area contributed by atoms with Crippen molar-refractivity contribution >= 4 is 36.1 Å². The monoisotopic (exact) mass is 545 g/mol. The lowest BCUT2D eigenvalue weighted by Crippen LogP contribution is -2.36. The number of halogens is 1. The maximum absolute atomic E-state index is 13.4. The number of hydrogen-bond donors (Lipinski definition) is 1. The highest BCUT2D eigenvalue weighted by Gasteiger charge is 2.25. The topological polar surface area (TPSA) is 98.8 Å². The Morgan fingerprint density at radius 2 is 1.72 bits per heavy atom. The fourth-order valence-electron chi connectivity index (χ4n) is 3.34. The predicted octanol–water partition coefficient (Wildman–Crippen LogP) is 3.77. The van der Waals surface area contributed by atoms with E-state index in [0.29, 0.717) is 27.8 Å². The van der Waals surface area contributed by atoms with Crippen LogP contribution in [-0.2, 0) is 30.7 Å². The van der Waals surface area contributed by atoms with E-state index in [4.69, 9.17) is 8.92 Å². The Labute approximate surface area is 199 Å². The predicted molar refractivity (Wildman–Crippen MR) is 129 cm³/mol. The molecule has 176 valence electrons. The zero-order valence-corrected chi connectivity index (χ0v) is 21.9. The van der Waals surface area contributed by atoms with Crippen LogP contribution in [0.25, 0.3) is 0 Å². The second-order valence-electron chi connectivity index (χ2n) is 7.47. The molecule has 2 aromatic rings. The Bertz CT molecular complexity index is 1190. The molecule has 0 aliphatic carbocycles. The van der Waals surface area contributed by atoms with Crippen molar-refractivity contribution in [2.45, 2.75) is 38.1 Å². The van der Waals surface area contributed by atoms with Crippen LogP contribution >= 0.6 is 15.9 Å². The van der Waals surface area contributed by atoms with Gasteiger partial charge in [0.15, 0.2) is 0 Å². The van der Waals surface area contributed by atoms with Crippen LogP contribution in [0.1, 0.15) is 22.3 Å². The molecule has 0 aliphatic heterocycles. The lowest BCUT2D eigenvalue weighted by atomic mass is 10.1. The van der Waals surface area contributed by atoms with Crippen LogP contribution in [0.5, 0.6) is 5.75 Å². The van der Waals surface area contributed by atoms with E-state index in [1.807, 2.05) is 37.3 Å². The summed E-state index contributed by atoms with van der Waals surface area (Å²) in [6.07, 6.45) is 2.92. The molecule has 32 heavy (non-hydrogen) atoms. The second-order valence-corrected chi connectivity index (χ2v) is 11.8. The molecule has 10 heteroatoms. The van der Waals surface area contributed by atoms with Crippen molar-refractivity contribution in [3.8, 4) is 5.75 Å². The molecule has 0 bridgehead atoms. The number of hydrogen-bond acceptors (Lipinski definition) is 6. The van der Waals surface area contributed by atoms with Crippen LogP contribution in [0.4, 0.5) is 0 Å². The first kappa shape index (κ1) is 26.5. The summed E-state index contributed by atoms with van der Waals surface area (Å²) in [6.45, 7) is 5.05. The first-order chi connectivity index (χ1) is 14.8. The van der Waals surface area contributed by atoms with E-state index in [-0.39, 0.29) is 11.5 Å². The van der Waals surface area contributed by atoms with Crippen LogP contribution in [0.2, 0.25) is 0 Å². The SMILES string of the molecule is COc1cc(C)c(S(=O)(=O)N[C@H](/C=C(/Br)COS(C)(=O)=O)Cc2ccccc2)c(C)c1C. The summed E-state index contributed by atoms with van der Waals surface area (Å²) < 4.78 is 62.7. The molecular formula is C22H28BrNO6S2. The second kappa shape index (κ2) is 10.9. The minimum atomic E-state index is -3.91. The van der Waals surface area contributed by atoms with Crippen molar-refractivity contribution < 1.29 is 25.8 Å². The van der Waals surface area contributed by atoms with Gasteiger partial charge in [-0.3, -0.25) is 4.18 Å². The van der Waals surface area contributed by atoms with E-state index in [2.05, 4.69) is 20.7 Å². The highest BCUT2D eigenvalue weighted by atomic mass is 79.9. The quantitative estimate of drug-likeness (QED) is 0.456. The van der Waals surface area contributed by atoms with Gasteiger partial charge >= 0.3 is 0 Å². The normalized spacial score (nSPS) is 13.8. The summed E-state index contributed by atoms with van der Waals surface area (Å²) in [5, 5.41) is 0. The van der Waals surface area contributed by atoms with Crippen LogP contribution in [-0.4, -0.2) is 42.8 Å². The van der Waals surface area contributed by atoms with Crippen molar-refractivity contribution in [2.75, 3.05) is 20.0 Å². The van der Waals surface area contributed by atoms with Crippen molar-refractivity contribution in [3.05, 3.63) is 69.2 Å². The number of rotatable bonds is 10. The number of sulfonamides is 1. The van der Waals surface area contributed by atoms with Gasteiger partial charge in [0.25, 0.3) is 10.1 Å². The number of ether oxygens (including phenoxy) is 1. The highest BCUT2D eigenvalue weighted by Crippen LogP contribution is 2.30. The third-order valence-corrected chi connectivity index (χ3v) is 7.68. The van der Waals surface area contributed by atoms with Gasteiger partial charge in [0.1, 0.15) is 5.75 Å². The van der Waals surface area contributed by atoms with Gasteiger partial charge in [-0.15, -0.1) is 0 Å². The number of benzene rings is 2. The van der Waals surface area contributed by atoms with Crippen LogP contribution in [0, 0.1) is 20.8 Å². The molecule has 0 fully saturated rings. The van der Waals surface area contributed by atoms with Crippen molar-refractivity contribution in [3.63, 3.8) is 0 Å².